The van der Waals surface area contributed by atoms with Crippen LogP contribution in [0.4, 0.5) is 4.79 Å². The number of rotatable bonds is 11. The molecule has 2 aliphatic heterocycles. The fraction of sp³-hybridized carbons (Fsp3) is 0.727. The van der Waals surface area contributed by atoms with E-state index in [0.29, 0.717) is 62.7 Å². The highest BCUT2D eigenvalue weighted by Crippen LogP contribution is 2.27. The molecule has 252 valence electrons. The molecule has 0 aliphatic carbocycles. The molecule has 1 aromatic heterocycles. The maximum absolute atomic E-state index is 13.5. The summed E-state index contributed by atoms with van der Waals surface area (Å²) in [5.74, 6) is -0.317. The molecule has 0 bridgehead atoms. The summed E-state index contributed by atoms with van der Waals surface area (Å²) in [4.78, 5) is 59.5. The van der Waals surface area contributed by atoms with Crippen LogP contribution in [0.1, 0.15) is 98.1 Å². The van der Waals surface area contributed by atoms with Crippen molar-refractivity contribution in [3.05, 3.63) is 24.0 Å². The Morgan fingerprint density at radius 3 is 2.31 bits per heavy atom. The summed E-state index contributed by atoms with van der Waals surface area (Å²) in [5.41, 5.74) is -0.637. The number of aliphatic hydroxyl groups is 1. The van der Waals surface area contributed by atoms with Crippen molar-refractivity contribution in [3.8, 4) is 5.75 Å². The Morgan fingerprint density at radius 2 is 1.67 bits per heavy atom. The zero-order chi connectivity index (χ0) is 33.2. The van der Waals surface area contributed by atoms with Gasteiger partial charge >= 0.3 is 12.1 Å². The fourth-order valence-corrected chi connectivity index (χ4v) is 5.59. The van der Waals surface area contributed by atoms with E-state index >= 15 is 0 Å². The first kappa shape index (κ1) is 36.1. The average molecular weight is 633 g/mol. The number of pyridine rings is 1. The number of nitrogens with one attached hydrogen (secondary N) is 1. The van der Waals surface area contributed by atoms with E-state index in [0.717, 1.165) is 19.3 Å². The number of hydrogen-bond acceptors (Lipinski definition) is 9. The van der Waals surface area contributed by atoms with E-state index in [4.69, 9.17) is 19.3 Å². The normalized spacial score (nSPS) is 18.6. The van der Waals surface area contributed by atoms with Crippen LogP contribution in [0.5, 0.6) is 5.75 Å². The Bertz CT molecular complexity index is 1150. The van der Waals surface area contributed by atoms with Gasteiger partial charge in [-0.25, -0.2) is 4.79 Å². The summed E-state index contributed by atoms with van der Waals surface area (Å²) in [7, 11) is 0. The second-order valence-electron chi connectivity index (χ2n) is 14.0. The van der Waals surface area contributed by atoms with Crippen LogP contribution in [0, 0.1) is 11.8 Å². The predicted octanol–water partition coefficient (Wildman–Crippen LogP) is 4.01. The standard InChI is InChI=1S/C33H52N4O8/c1-32(2,3)44-29(40)19-27(25-18-26(21-34-20-25)43-17-16-38)35-30(41)24-8-7-13-37(22-24)28(39)10-9-23-11-14-36(15-12-23)31(42)45-33(4,5)6/h18,20-21,23-24,27,38H,7-17,19,22H2,1-6H3,(H,35,41)/t24-,27?/m1/s1. The van der Waals surface area contributed by atoms with Crippen molar-refractivity contribution in [1.82, 2.24) is 20.1 Å². The smallest absolute Gasteiger partial charge is 0.410 e. The monoisotopic (exact) mass is 632 g/mol. The molecular formula is C33H52N4O8. The molecule has 1 aromatic rings. The van der Waals surface area contributed by atoms with E-state index in [1.807, 2.05) is 20.8 Å². The minimum absolute atomic E-state index is 0.0327. The highest BCUT2D eigenvalue weighted by molar-refractivity contribution is 5.82. The molecule has 2 saturated heterocycles. The van der Waals surface area contributed by atoms with E-state index in [1.54, 1.807) is 42.8 Å². The topological polar surface area (TPSA) is 148 Å². The maximum atomic E-state index is 13.5. The van der Waals surface area contributed by atoms with E-state index in [-0.39, 0.29) is 37.5 Å². The van der Waals surface area contributed by atoms with Gasteiger partial charge in [-0.1, -0.05) is 0 Å². The van der Waals surface area contributed by atoms with Gasteiger partial charge in [0.15, 0.2) is 0 Å². The molecule has 3 heterocycles. The van der Waals surface area contributed by atoms with Gasteiger partial charge in [0.25, 0.3) is 0 Å². The molecular weight excluding hydrogens is 580 g/mol. The minimum Gasteiger partial charge on any atom is -0.490 e. The van der Waals surface area contributed by atoms with Gasteiger partial charge in [-0.3, -0.25) is 19.4 Å². The van der Waals surface area contributed by atoms with Crippen LogP contribution >= 0.6 is 0 Å². The SMILES string of the molecule is CC(C)(C)OC(=O)CC(NC(=O)[C@@H]1CCCN(C(=O)CCC2CCN(C(=O)OC(C)(C)C)CC2)C1)c1cncc(OCCO)c1. The number of hydrogen-bond donors (Lipinski definition) is 2. The lowest BCUT2D eigenvalue weighted by Gasteiger charge is -2.35. The number of aliphatic hydroxyl groups excluding tert-OH is 1. The number of piperidine rings is 2. The Morgan fingerprint density at radius 1 is 0.978 bits per heavy atom. The molecule has 45 heavy (non-hydrogen) atoms. The van der Waals surface area contributed by atoms with Crippen molar-refractivity contribution in [2.75, 3.05) is 39.4 Å². The molecule has 0 aromatic carbocycles. The van der Waals surface area contributed by atoms with Crippen LogP contribution in [-0.2, 0) is 23.9 Å². The highest BCUT2D eigenvalue weighted by Gasteiger charge is 2.32. The molecule has 2 N–H and O–H groups in total. The van der Waals surface area contributed by atoms with Gasteiger partial charge in [-0.2, -0.15) is 0 Å². The molecule has 0 radical (unpaired) electrons. The third-order valence-electron chi connectivity index (χ3n) is 7.78. The van der Waals surface area contributed by atoms with Crippen LogP contribution in [0.2, 0.25) is 0 Å². The second-order valence-corrected chi connectivity index (χ2v) is 14.0. The molecule has 1 unspecified atom stereocenters. The number of esters is 1. The molecule has 2 aliphatic rings. The summed E-state index contributed by atoms with van der Waals surface area (Å²) in [6.07, 6.45) is 6.83. The third kappa shape index (κ3) is 12.5. The van der Waals surface area contributed by atoms with Crippen molar-refractivity contribution >= 4 is 23.9 Å². The molecule has 12 heteroatoms. The Balaban J connectivity index is 1.56. The van der Waals surface area contributed by atoms with Crippen molar-refractivity contribution in [2.24, 2.45) is 11.8 Å². The third-order valence-corrected chi connectivity index (χ3v) is 7.78. The lowest BCUT2D eigenvalue weighted by Crippen LogP contribution is -2.46. The minimum atomic E-state index is -0.713. The van der Waals surface area contributed by atoms with Crippen LogP contribution in [-0.4, -0.2) is 94.4 Å². The van der Waals surface area contributed by atoms with Gasteiger partial charge in [-0.05, 0) is 91.2 Å². The number of nitrogens with zero attached hydrogens (tertiary/aromatic N) is 3. The second kappa shape index (κ2) is 16.2. The van der Waals surface area contributed by atoms with Crippen molar-refractivity contribution in [1.29, 1.82) is 0 Å². The lowest BCUT2D eigenvalue weighted by molar-refractivity contribution is -0.155. The number of carbonyl (C=O) groups is 4. The molecule has 0 saturated carbocycles. The van der Waals surface area contributed by atoms with Crippen LogP contribution in [0.3, 0.4) is 0 Å². The largest absolute Gasteiger partial charge is 0.490 e. The number of ether oxygens (including phenoxy) is 3. The zero-order valence-corrected chi connectivity index (χ0v) is 27.8. The van der Waals surface area contributed by atoms with Gasteiger partial charge < -0.3 is 34.4 Å². The summed E-state index contributed by atoms with van der Waals surface area (Å²) in [5, 5.41) is 12.1. The zero-order valence-electron chi connectivity index (χ0n) is 27.8. The lowest BCUT2D eigenvalue weighted by atomic mass is 9.91. The highest BCUT2D eigenvalue weighted by atomic mass is 16.6. The summed E-state index contributed by atoms with van der Waals surface area (Å²) in [6.45, 7) is 13.0. The summed E-state index contributed by atoms with van der Waals surface area (Å²) < 4.78 is 16.5. The maximum Gasteiger partial charge on any atom is 0.410 e. The number of aromatic nitrogens is 1. The molecule has 3 rings (SSSR count). The molecule has 2 fully saturated rings. The number of likely N-dealkylation sites (tertiary alicyclic amines) is 2. The number of amides is 3. The summed E-state index contributed by atoms with van der Waals surface area (Å²) >= 11 is 0. The van der Waals surface area contributed by atoms with Crippen molar-refractivity contribution in [2.45, 2.75) is 104 Å². The van der Waals surface area contributed by atoms with E-state index in [2.05, 4.69) is 10.3 Å². The van der Waals surface area contributed by atoms with Gasteiger partial charge in [0, 0.05) is 38.8 Å². The summed E-state index contributed by atoms with van der Waals surface area (Å²) in [6, 6.07) is 0.974. The van der Waals surface area contributed by atoms with E-state index < -0.39 is 29.1 Å². The molecule has 12 nitrogen and oxygen atoms in total. The van der Waals surface area contributed by atoms with E-state index in [1.165, 1.54) is 6.20 Å². The Labute approximate surface area is 267 Å². The average Bonchev–Trinajstić information content (AvgIpc) is 2.97. The van der Waals surface area contributed by atoms with E-state index in [9.17, 15) is 19.2 Å². The first-order valence-electron chi connectivity index (χ1n) is 16.1. The Hall–Kier alpha value is -3.41. The van der Waals surface area contributed by atoms with Crippen LogP contribution < -0.4 is 10.1 Å². The Kier molecular flexibility index (Phi) is 13.0. The van der Waals surface area contributed by atoms with Crippen LogP contribution in [0.15, 0.2) is 18.5 Å². The number of carbonyl (C=O) groups excluding carboxylic acids is 4. The quantitative estimate of drug-likeness (QED) is 0.345. The van der Waals surface area contributed by atoms with Gasteiger partial charge in [0.1, 0.15) is 23.6 Å². The van der Waals surface area contributed by atoms with Crippen molar-refractivity contribution in [3.63, 3.8) is 0 Å². The first-order chi connectivity index (χ1) is 21.1. The predicted molar refractivity (Wildman–Crippen MR) is 167 cm³/mol. The first-order valence-corrected chi connectivity index (χ1v) is 16.1. The van der Waals surface area contributed by atoms with Gasteiger partial charge in [0.2, 0.25) is 11.8 Å². The van der Waals surface area contributed by atoms with Gasteiger partial charge in [-0.15, -0.1) is 0 Å². The fourth-order valence-electron chi connectivity index (χ4n) is 5.59. The molecule has 2 atom stereocenters. The molecule has 3 amide bonds. The van der Waals surface area contributed by atoms with Crippen LogP contribution in [0.25, 0.3) is 0 Å². The van der Waals surface area contributed by atoms with Crippen molar-refractivity contribution < 1.29 is 38.5 Å². The van der Waals surface area contributed by atoms with Gasteiger partial charge in [0.05, 0.1) is 31.2 Å². The molecule has 0 spiro atoms.